The minimum Gasteiger partial charge on any atom is -0.462 e. The van der Waals surface area contributed by atoms with Crippen molar-refractivity contribution in [2.45, 2.75) is 51.9 Å². The Kier molecular flexibility index (Phi) is 4.46. The van der Waals surface area contributed by atoms with Crippen molar-refractivity contribution < 1.29 is 9.53 Å². The molecule has 0 aromatic heterocycles. The summed E-state index contributed by atoms with van der Waals surface area (Å²) in [5.74, 6) is -0.0616. The number of nitrogens with zero attached hydrogens (tertiary/aromatic N) is 1. The van der Waals surface area contributed by atoms with E-state index in [9.17, 15) is 4.79 Å². The van der Waals surface area contributed by atoms with Gasteiger partial charge in [0, 0.05) is 18.8 Å². The fourth-order valence-electron chi connectivity index (χ4n) is 2.73. The third-order valence-corrected chi connectivity index (χ3v) is 3.61. The largest absolute Gasteiger partial charge is 0.462 e. The maximum atomic E-state index is 12.0. The molecular formula is C14H23NO2. The van der Waals surface area contributed by atoms with Crippen LogP contribution in [0.4, 0.5) is 0 Å². The maximum Gasteiger partial charge on any atom is 0.335 e. The fraction of sp³-hybridized carbons (Fsp3) is 0.786. The number of allylic oxidation sites excluding steroid dienone is 1. The molecule has 0 spiro atoms. The van der Waals surface area contributed by atoms with Crippen molar-refractivity contribution in [2.24, 2.45) is 0 Å². The van der Waals surface area contributed by atoms with Crippen molar-refractivity contribution in [3.63, 3.8) is 0 Å². The van der Waals surface area contributed by atoms with Crippen LogP contribution in [0.25, 0.3) is 0 Å². The quantitative estimate of drug-likeness (QED) is 0.704. The van der Waals surface area contributed by atoms with Gasteiger partial charge >= 0.3 is 5.97 Å². The third kappa shape index (κ3) is 3.02. The van der Waals surface area contributed by atoms with Crippen LogP contribution in [-0.4, -0.2) is 30.6 Å². The van der Waals surface area contributed by atoms with Gasteiger partial charge in [-0.1, -0.05) is 6.92 Å². The second kappa shape index (κ2) is 6.08. The number of esters is 1. The first-order valence-corrected chi connectivity index (χ1v) is 6.97. The summed E-state index contributed by atoms with van der Waals surface area (Å²) in [7, 11) is 0. The Morgan fingerprint density at radius 2 is 1.88 bits per heavy atom. The molecule has 2 aliphatic rings. The van der Waals surface area contributed by atoms with Gasteiger partial charge in [-0.2, -0.15) is 0 Å². The monoisotopic (exact) mass is 237 g/mol. The second-order valence-corrected chi connectivity index (χ2v) is 4.96. The zero-order valence-electron chi connectivity index (χ0n) is 10.8. The van der Waals surface area contributed by atoms with Crippen molar-refractivity contribution >= 4 is 5.97 Å². The predicted molar refractivity (Wildman–Crippen MR) is 67.6 cm³/mol. The molecule has 0 atom stereocenters. The van der Waals surface area contributed by atoms with E-state index in [2.05, 4.69) is 4.90 Å². The Labute approximate surface area is 104 Å². The van der Waals surface area contributed by atoms with Crippen LogP contribution in [0.1, 0.15) is 51.9 Å². The zero-order chi connectivity index (χ0) is 12.1. The third-order valence-electron chi connectivity index (χ3n) is 3.61. The number of rotatable bonds is 4. The molecule has 0 saturated carbocycles. The Hall–Kier alpha value is -0.990. The van der Waals surface area contributed by atoms with Crippen LogP contribution in [-0.2, 0) is 9.53 Å². The minimum atomic E-state index is -0.0616. The normalized spacial score (nSPS) is 20.9. The summed E-state index contributed by atoms with van der Waals surface area (Å²) < 4.78 is 5.30. The smallest absolute Gasteiger partial charge is 0.335 e. The average molecular weight is 237 g/mol. The van der Waals surface area contributed by atoms with Crippen LogP contribution < -0.4 is 0 Å². The van der Waals surface area contributed by atoms with Gasteiger partial charge in [-0.15, -0.1) is 0 Å². The molecule has 0 N–H and O–H groups in total. The lowest BCUT2D eigenvalue weighted by Crippen LogP contribution is -2.25. The molecule has 3 heteroatoms. The molecule has 0 unspecified atom stereocenters. The van der Waals surface area contributed by atoms with E-state index in [1.165, 1.54) is 25.0 Å². The molecule has 0 amide bonds. The average Bonchev–Trinajstić information content (AvgIpc) is 2.89. The molecule has 1 aliphatic carbocycles. The highest BCUT2D eigenvalue weighted by Gasteiger charge is 2.25. The number of hydrogen-bond donors (Lipinski definition) is 0. The predicted octanol–water partition coefficient (Wildman–Crippen LogP) is 2.86. The number of ether oxygens (including phenoxy) is 1. The van der Waals surface area contributed by atoms with Crippen molar-refractivity contribution in [1.29, 1.82) is 0 Å². The number of hydrogen-bond acceptors (Lipinski definition) is 3. The van der Waals surface area contributed by atoms with Crippen molar-refractivity contribution in [1.82, 2.24) is 4.90 Å². The summed E-state index contributed by atoms with van der Waals surface area (Å²) >= 11 is 0. The Balaban J connectivity index is 2.09. The molecule has 2 rings (SSSR count). The molecule has 1 fully saturated rings. The summed E-state index contributed by atoms with van der Waals surface area (Å²) in [5.41, 5.74) is 2.25. The standard InChI is InChI=1S/C14H23NO2/c1-2-11-17-14(16)12-7-3-4-8-13(12)15-9-5-6-10-15/h2-11H2,1H3. The Morgan fingerprint density at radius 1 is 1.18 bits per heavy atom. The SMILES string of the molecule is CCCOC(=O)C1=C(N2CCCC2)CCCC1. The number of carbonyl (C=O) groups excluding carboxylic acids is 1. The van der Waals surface area contributed by atoms with Gasteiger partial charge in [0.1, 0.15) is 0 Å². The molecular weight excluding hydrogens is 214 g/mol. The molecule has 1 heterocycles. The molecule has 1 aliphatic heterocycles. The summed E-state index contributed by atoms with van der Waals surface area (Å²) in [6.07, 6.45) is 7.76. The van der Waals surface area contributed by atoms with E-state index in [0.29, 0.717) is 6.61 Å². The van der Waals surface area contributed by atoms with Crippen LogP contribution >= 0.6 is 0 Å². The zero-order valence-corrected chi connectivity index (χ0v) is 10.8. The highest BCUT2D eigenvalue weighted by molar-refractivity contribution is 5.89. The highest BCUT2D eigenvalue weighted by Crippen LogP contribution is 2.30. The molecule has 0 radical (unpaired) electrons. The summed E-state index contributed by atoms with van der Waals surface area (Å²) in [4.78, 5) is 14.4. The van der Waals surface area contributed by atoms with Gasteiger partial charge in [0.15, 0.2) is 0 Å². The molecule has 0 aromatic rings. The summed E-state index contributed by atoms with van der Waals surface area (Å²) in [6, 6.07) is 0. The van der Waals surface area contributed by atoms with Gasteiger partial charge < -0.3 is 9.64 Å². The van der Waals surface area contributed by atoms with E-state index < -0.39 is 0 Å². The lowest BCUT2D eigenvalue weighted by molar-refractivity contribution is -0.139. The topological polar surface area (TPSA) is 29.5 Å². The van der Waals surface area contributed by atoms with E-state index in [1.54, 1.807) is 0 Å². The van der Waals surface area contributed by atoms with Gasteiger partial charge in [-0.25, -0.2) is 4.79 Å². The van der Waals surface area contributed by atoms with Crippen molar-refractivity contribution in [2.75, 3.05) is 19.7 Å². The van der Waals surface area contributed by atoms with Crippen LogP contribution in [0.15, 0.2) is 11.3 Å². The Bertz CT molecular complexity index is 303. The van der Waals surface area contributed by atoms with E-state index >= 15 is 0 Å². The van der Waals surface area contributed by atoms with Crippen LogP contribution in [0.5, 0.6) is 0 Å². The first-order valence-electron chi connectivity index (χ1n) is 6.97. The minimum absolute atomic E-state index is 0.0616. The lowest BCUT2D eigenvalue weighted by Gasteiger charge is -2.27. The van der Waals surface area contributed by atoms with Crippen LogP contribution in [0, 0.1) is 0 Å². The molecule has 1 saturated heterocycles. The molecule has 0 bridgehead atoms. The van der Waals surface area contributed by atoms with Crippen molar-refractivity contribution in [3.05, 3.63) is 11.3 Å². The van der Waals surface area contributed by atoms with Crippen LogP contribution in [0.3, 0.4) is 0 Å². The van der Waals surface area contributed by atoms with E-state index in [1.807, 2.05) is 6.92 Å². The first-order chi connectivity index (χ1) is 8.33. The van der Waals surface area contributed by atoms with Crippen LogP contribution in [0.2, 0.25) is 0 Å². The van der Waals surface area contributed by atoms with Gasteiger partial charge in [-0.3, -0.25) is 0 Å². The highest BCUT2D eigenvalue weighted by atomic mass is 16.5. The van der Waals surface area contributed by atoms with Gasteiger partial charge in [-0.05, 0) is 44.9 Å². The summed E-state index contributed by atoms with van der Waals surface area (Å²) in [6.45, 7) is 4.83. The molecule has 96 valence electrons. The fourth-order valence-corrected chi connectivity index (χ4v) is 2.73. The first kappa shape index (κ1) is 12.5. The molecule has 3 nitrogen and oxygen atoms in total. The van der Waals surface area contributed by atoms with E-state index in [4.69, 9.17) is 4.74 Å². The molecule has 17 heavy (non-hydrogen) atoms. The number of carbonyl (C=O) groups is 1. The van der Waals surface area contributed by atoms with Gasteiger partial charge in [0.05, 0.1) is 12.2 Å². The van der Waals surface area contributed by atoms with E-state index in [-0.39, 0.29) is 5.97 Å². The maximum absolute atomic E-state index is 12.0. The Morgan fingerprint density at radius 3 is 2.59 bits per heavy atom. The lowest BCUT2D eigenvalue weighted by atomic mass is 9.95. The van der Waals surface area contributed by atoms with Gasteiger partial charge in [0.2, 0.25) is 0 Å². The van der Waals surface area contributed by atoms with E-state index in [0.717, 1.165) is 44.3 Å². The van der Waals surface area contributed by atoms with Gasteiger partial charge in [0.25, 0.3) is 0 Å². The second-order valence-electron chi connectivity index (χ2n) is 4.96. The van der Waals surface area contributed by atoms with Crippen molar-refractivity contribution in [3.8, 4) is 0 Å². The number of likely N-dealkylation sites (tertiary alicyclic amines) is 1. The molecule has 0 aromatic carbocycles. The summed E-state index contributed by atoms with van der Waals surface area (Å²) in [5, 5.41) is 0.